The molecule has 0 spiro atoms. The minimum absolute atomic E-state index is 0.0190. The summed E-state index contributed by atoms with van der Waals surface area (Å²) >= 11 is 6.18. The Bertz CT molecular complexity index is 715. The van der Waals surface area contributed by atoms with Gasteiger partial charge < -0.3 is 15.2 Å². The summed E-state index contributed by atoms with van der Waals surface area (Å²) in [6.07, 6.45) is 0. The number of nitrogens with zero attached hydrogens (tertiary/aromatic N) is 1. The lowest BCUT2D eigenvalue weighted by Gasteiger charge is -2.24. The smallest absolute Gasteiger partial charge is 0.339 e. The summed E-state index contributed by atoms with van der Waals surface area (Å²) < 4.78 is 10.3. The van der Waals surface area contributed by atoms with E-state index in [2.05, 4.69) is 0 Å². The summed E-state index contributed by atoms with van der Waals surface area (Å²) in [5.74, 6) is -0.830. The predicted octanol–water partition coefficient (Wildman–Crippen LogP) is 1.96. The largest absolute Gasteiger partial charge is 0.454 e. The highest BCUT2D eigenvalue weighted by molar-refractivity contribution is 6.31. The minimum atomic E-state index is -0.646. The van der Waals surface area contributed by atoms with E-state index in [4.69, 9.17) is 26.8 Å². The van der Waals surface area contributed by atoms with E-state index in [1.807, 2.05) is 6.07 Å². The normalized spacial score (nSPS) is 21.2. The summed E-state index contributed by atoms with van der Waals surface area (Å²) in [7, 11) is 0. The molecule has 3 rings (SSSR count). The predicted molar refractivity (Wildman–Crippen MR) is 70.1 cm³/mol. The zero-order chi connectivity index (χ0) is 14.3. The van der Waals surface area contributed by atoms with Crippen molar-refractivity contribution in [3.63, 3.8) is 0 Å². The molecule has 6 heteroatoms. The Morgan fingerprint density at radius 1 is 1.40 bits per heavy atom. The van der Waals surface area contributed by atoms with Crippen LogP contribution in [0.3, 0.4) is 0 Å². The molecule has 1 atom stereocenters. The van der Waals surface area contributed by atoms with Gasteiger partial charge in [-0.2, -0.15) is 5.26 Å². The number of halogens is 1. The molecule has 0 aromatic heterocycles. The van der Waals surface area contributed by atoms with Crippen LogP contribution in [0.15, 0.2) is 47.1 Å². The van der Waals surface area contributed by atoms with Crippen LogP contribution in [0.1, 0.15) is 11.5 Å². The van der Waals surface area contributed by atoms with Crippen LogP contribution in [-0.2, 0) is 14.3 Å². The second kappa shape index (κ2) is 4.58. The number of hydrogen-bond donors (Lipinski definition) is 1. The molecule has 0 unspecified atom stereocenters. The Morgan fingerprint density at radius 2 is 2.15 bits per heavy atom. The Balaban J connectivity index is 2.22. The van der Waals surface area contributed by atoms with E-state index in [1.165, 1.54) is 0 Å². The van der Waals surface area contributed by atoms with Gasteiger partial charge in [-0.3, -0.25) is 0 Å². The molecule has 0 aliphatic carbocycles. The van der Waals surface area contributed by atoms with Gasteiger partial charge in [0.25, 0.3) is 0 Å². The number of ether oxygens (including phenoxy) is 2. The molecule has 2 aliphatic heterocycles. The number of allylic oxidation sites excluding steroid dienone is 1. The Hall–Kier alpha value is -2.45. The topological polar surface area (TPSA) is 85.3 Å². The maximum Gasteiger partial charge on any atom is 0.339 e. The van der Waals surface area contributed by atoms with E-state index in [-0.39, 0.29) is 18.1 Å². The highest BCUT2D eigenvalue weighted by atomic mass is 35.5. The third-order valence-corrected chi connectivity index (χ3v) is 3.61. The van der Waals surface area contributed by atoms with Gasteiger partial charge in [-0.25, -0.2) is 4.79 Å². The fourth-order valence-corrected chi connectivity index (χ4v) is 2.62. The van der Waals surface area contributed by atoms with Crippen molar-refractivity contribution >= 4 is 17.6 Å². The van der Waals surface area contributed by atoms with Crippen molar-refractivity contribution in [2.75, 3.05) is 6.61 Å². The van der Waals surface area contributed by atoms with Crippen LogP contribution in [0.5, 0.6) is 0 Å². The second-order valence-corrected chi connectivity index (χ2v) is 4.77. The Kier molecular flexibility index (Phi) is 2.88. The standard InChI is InChI=1S/C14H9ClN2O3/c15-9-4-2-1-3-7(9)11-8(5-16)13(17)20-10-6-19-14(18)12(10)11/h1-4,11H,6,17H2/t11-/m1/s1. The van der Waals surface area contributed by atoms with Gasteiger partial charge in [-0.15, -0.1) is 0 Å². The first-order valence-electron chi connectivity index (χ1n) is 5.85. The van der Waals surface area contributed by atoms with Gasteiger partial charge in [0.1, 0.15) is 18.2 Å². The summed E-state index contributed by atoms with van der Waals surface area (Å²) in [5, 5.41) is 9.76. The number of nitriles is 1. The first kappa shape index (κ1) is 12.6. The molecule has 20 heavy (non-hydrogen) atoms. The number of hydrogen-bond acceptors (Lipinski definition) is 5. The molecule has 0 fully saturated rings. The van der Waals surface area contributed by atoms with Gasteiger partial charge in [-0.05, 0) is 11.6 Å². The summed E-state index contributed by atoms with van der Waals surface area (Å²) in [6, 6.07) is 8.98. The molecule has 0 saturated heterocycles. The minimum Gasteiger partial charge on any atom is -0.454 e. The number of cyclic esters (lactones) is 1. The molecule has 5 nitrogen and oxygen atoms in total. The maximum absolute atomic E-state index is 11.9. The van der Waals surface area contributed by atoms with Gasteiger partial charge in [0.15, 0.2) is 5.76 Å². The number of carbonyl (C=O) groups excluding carboxylic acids is 1. The van der Waals surface area contributed by atoms with Crippen molar-refractivity contribution in [2.24, 2.45) is 5.73 Å². The monoisotopic (exact) mass is 288 g/mol. The molecule has 0 radical (unpaired) electrons. The molecule has 0 bridgehead atoms. The van der Waals surface area contributed by atoms with Crippen LogP contribution in [0, 0.1) is 11.3 Å². The number of nitrogens with two attached hydrogens (primary N) is 1. The number of benzene rings is 1. The first-order chi connectivity index (χ1) is 9.63. The maximum atomic E-state index is 11.9. The highest BCUT2D eigenvalue weighted by Gasteiger charge is 2.41. The van der Waals surface area contributed by atoms with E-state index in [0.29, 0.717) is 21.9 Å². The molecule has 2 N–H and O–H groups in total. The summed E-state index contributed by atoms with van der Waals surface area (Å²) in [6.45, 7) is 0.0223. The number of carbonyl (C=O) groups is 1. The quantitative estimate of drug-likeness (QED) is 0.798. The van der Waals surface area contributed by atoms with E-state index in [0.717, 1.165) is 0 Å². The van der Waals surface area contributed by atoms with Gasteiger partial charge in [0, 0.05) is 5.02 Å². The molecule has 0 amide bonds. The Labute approximate surface area is 119 Å². The van der Waals surface area contributed by atoms with E-state index < -0.39 is 11.9 Å². The van der Waals surface area contributed by atoms with Crippen LogP contribution in [-0.4, -0.2) is 12.6 Å². The molecular weight excluding hydrogens is 280 g/mol. The molecule has 1 aromatic carbocycles. The molecule has 2 aliphatic rings. The van der Waals surface area contributed by atoms with E-state index in [1.54, 1.807) is 24.3 Å². The molecule has 2 heterocycles. The van der Waals surface area contributed by atoms with Crippen molar-refractivity contribution in [3.05, 3.63) is 57.6 Å². The lowest BCUT2D eigenvalue weighted by atomic mass is 9.83. The van der Waals surface area contributed by atoms with Crippen molar-refractivity contribution < 1.29 is 14.3 Å². The average molecular weight is 289 g/mol. The highest BCUT2D eigenvalue weighted by Crippen LogP contribution is 2.43. The lowest BCUT2D eigenvalue weighted by Crippen LogP contribution is -2.22. The van der Waals surface area contributed by atoms with Gasteiger partial charge >= 0.3 is 5.97 Å². The third-order valence-electron chi connectivity index (χ3n) is 3.27. The van der Waals surface area contributed by atoms with E-state index in [9.17, 15) is 10.1 Å². The van der Waals surface area contributed by atoms with Crippen molar-refractivity contribution in [1.82, 2.24) is 0 Å². The number of esters is 1. The van der Waals surface area contributed by atoms with Gasteiger partial charge in [-0.1, -0.05) is 29.8 Å². The SMILES string of the molecule is N#CC1=C(N)OC2=C(C(=O)OC2)[C@@H]1c1ccccc1Cl. The van der Waals surface area contributed by atoms with Crippen LogP contribution in [0.25, 0.3) is 0 Å². The number of rotatable bonds is 1. The molecule has 0 saturated carbocycles. The van der Waals surface area contributed by atoms with Crippen LogP contribution in [0.4, 0.5) is 0 Å². The fraction of sp³-hybridized carbons (Fsp3) is 0.143. The molecular formula is C14H9ClN2O3. The zero-order valence-corrected chi connectivity index (χ0v) is 11.0. The van der Waals surface area contributed by atoms with Crippen molar-refractivity contribution in [2.45, 2.75) is 5.92 Å². The third kappa shape index (κ3) is 1.74. The van der Waals surface area contributed by atoms with Crippen LogP contribution in [0.2, 0.25) is 5.02 Å². The summed E-state index contributed by atoms with van der Waals surface area (Å²) in [5.41, 5.74) is 6.85. The van der Waals surface area contributed by atoms with Gasteiger partial charge in [0.05, 0.1) is 11.5 Å². The average Bonchev–Trinajstić information content (AvgIpc) is 2.79. The fourth-order valence-electron chi connectivity index (χ4n) is 2.38. The second-order valence-electron chi connectivity index (χ2n) is 4.36. The van der Waals surface area contributed by atoms with Crippen molar-refractivity contribution in [3.8, 4) is 6.07 Å². The van der Waals surface area contributed by atoms with Crippen LogP contribution < -0.4 is 5.73 Å². The van der Waals surface area contributed by atoms with Crippen molar-refractivity contribution in [1.29, 1.82) is 5.26 Å². The zero-order valence-electron chi connectivity index (χ0n) is 10.2. The van der Waals surface area contributed by atoms with Crippen LogP contribution >= 0.6 is 11.6 Å². The molecule has 1 aromatic rings. The van der Waals surface area contributed by atoms with E-state index >= 15 is 0 Å². The first-order valence-corrected chi connectivity index (χ1v) is 6.23. The van der Waals surface area contributed by atoms with Gasteiger partial charge in [0.2, 0.25) is 5.88 Å². The summed E-state index contributed by atoms with van der Waals surface area (Å²) in [4.78, 5) is 11.9. The molecule has 100 valence electrons. The Morgan fingerprint density at radius 3 is 2.85 bits per heavy atom. The lowest BCUT2D eigenvalue weighted by molar-refractivity contribution is -0.136.